The average Bonchev–Trinajstić information content (AvgIpc) is 2.23. The number of alkyl halides is 3. The second kappa shape index (κ2) is 5.61. The van der Waals surface area contributed by atoms with Crippen molar-refractivity contribution in [2.45, 2.75) is 70.8 Å². The standard InChI is InChI=1S/C13H20F3NO3/c1-5-8-6-9(18)7-10(13(14,15)16)17(8)11(19)20-12(2,3)4/h8,10H,5-7H2,1-4H3. The zero-order valence-electron chi connectivity index (χ0n) is 12.1. The van der Waals surface area contributed by atoms with Crippen molar-refractivity contribution >= 4 is 11.9 Å². The van der Waals surface area contributed by atoms with Gasteiger partial charge < -0.3 is 4.74 Å². The first-order valence-electron chi connectivity index (χ1n) is 6.55. The van der Waals surface area contributed by atoms with Crippen molar-refractivity contribution in [1.29, 1.82) is 0 Å². The van der Waals surface area contributed by atoms with Gasteiger partial charge in [-0.05, 0) is 27.2 Å². The maximum Gasteiger partial charge on any atom is 0.411 e. The molecule has 116 valence electrons. The molecule has 0 spiro atoms. The normalized spacial score (nSPS) is 24.8. The number of rotatable bonds is 1. The molecular formula is C13H20F3NO3. The summed E-state index contributed by atoms with van der Waals surface area (Å²) in [4.78, 5) is 24.2. The van der Waals surface area contributed by atoms with Crippen molar-refractivity contribution in [3.05, 3.63) is 0 Å². The van der Waals surface area contributed by atoms with E-state index in [0.717, 1.165) is 0 Å². The van der Waals surface area contributed by atoms with E-state index in [1.165, 1.54) is 0 Å². The van der Waals surface area contributed by atoms with Gasteiger partial charge in [0.05, 0.1) is 0 Å². The number of amides is 1. The predicted octanol–water partition coefficient (Wildman–Crippen LogP) is 3.30. The van der Waals surface area contributed by atoms with Crippen molar-refractivity contribution in [3.8, 4) is 0 Å². The van der Waals surface area contributed by atoms with Crippen LogP contribution in [0.15, 0.2) is 0 Å². The topological polar surface area (TPSA) is 46.6 Å². The minimum atomic E-state index is -4.64. The number of ketones is 1. The van der Waals surface area contributed by atoms with Gasteiger partial charge in [-0.25, -0.2) is 4.79 Å². The Morgan fingerprint density at radius 2 is 1.85 bits per heavy atom. The summed E-state index contributed by atoms with van der Waals surface area (Å²) in [6.45, 7) is 6.41. The zero-order chi connectivity index (χ0) is 15.7. The van der Waals surface area contributed by atoms with Gasteiger partial charge in [-0.15, -0.1) is 0 Å². The van der Waals surface area contributed by atoms with E-state index >= 15 is 0 Å². The van der Waals surface area contributed by atoms with Gasteiger partial charge in [-0.1, -0.05) is 6.92 Å². The van der Waals surface area contributed by atoms with Crippen molar-refractivity contribution in [2.24, 2.45) is 0 Å². The average molecular weight is 295 g/mol. The number of likely N-dealkylation sites (tertiary alicyclic amines) is 1. The third kappa shape index (κ3) is 4.11. The van der Waals surface area contributed by atoms with Crippen LogP contribution in [0, 0.1) is 0 Å². The van der Waals surface area contributed by atoms with E-state index < -0.39 is 42.2 Å². The molecule has 1 saturated heterocycles. The summed E-state index contributed by atoms with van der Waals surface area (Å²) < 4.78 is 44.2. The van der Waals surface area contributed by atoms with E-state index in [-0.39, 0.29) is 12.8 Å². The lowest BCUT2D eigenvalue weighted by Crippen LogP contribution is -2.58. The Balaban J connectivity index is 3.06. The van der Waals surface area contributed by atoms with Crippen LogP contribution >= 0.6 is 0 Å². The molecule has 0 bridgehead atoms. The fourth-order valence-electron chi connectivity index (χ4n) is 2.22. The van der Waals surface area contributed by atoms with E-state index in [2.05, 4.69) is 0 Å². The Kier molecular flexibility index (Phi) is 4.71. The fraction of sp³-hybridized carbons (Fsp3) is 0.846. The van der Waals surface area contributed by atoms with Crippen LogP contribution in [-0.4, -0.2) is 40.6 Å². The largest absolute Gasteiger partial charge is 0.444 e. The Labute approximate surface area is 116 Å². The number of hydrogen-bond acceptors (Lipinski definition) is 3. The number of nitrogens with zero attached hydrogens (tertiary/aromatic N) is 1. The minimum absolute atomic E-state index is 0.0533. The Morgan fingerprint density at radius 1 is 1.30 bits per heavy atom. The molecule has 20 heavy (non-hydrogen) atoms. The predicted molar refractivity (Wildman–Crippen MR) is 66.2 cm³/mol. The third-order valence-electron chi connectivity index (χ3n) is 3.07. The molecule has 1 rings (SSSR count). The Hall–Kier alpha value is -1.27. The van der Waals surface area contributed by atoms with Crippen LogP contribution in [0.3, 0.4) is 0 Å². The lowest BCUT2D eigenvalue weighted by atomic mass is 9.93. The van der Waals surface area contributed by atoms with Crippen LogP contribution in [0.5, 0.6) is 0 Å². The summed E-state index contributed by atoms with van der Waals surface area (Å²) in [6, 6.07) is -2.86. The number of carbonyl (C=O) groups excluding carboxylic acids is 2. The summed E-state index contributed by atoms with van der Waals surface area (Å²) in [6.07, 6.45) is -6.13. The van der Waals surface area contributed by atoms with Crippen LogP contribution in [0.4, 0.5) is 18.0 Å². The van der Waals surface area contributed by atoms with Gasteiger partial charge >= 0.3 is 12.3 Å². The quantitative estimate of drug-likeness (QED) is 0.745. The third-order valence-corrected chi connectivity index (χ3v) is 3.07. The lowest BCUT2D eigenvalue weighted by molar-refractivity contribution is -0.195. The summed E-state index contributed by atoms with van der Waals surface area (Å²) in [5.41, 5.74) is -0.882. The molecule has 0 saturated carbocycles. The first kappa shape index (κ1) is 16.8. The molecule has 0 aromatic heterocycles. The number of hydrogen-bond donors (Lipinski definition) is 0. The van der Waals surface area contributed by atoms with E-state index in [9.17, 15) is 22.8 Å². The van der Waals surface area contributed by atoms with E-state index in [1.807, 2.05) is 0 Å². The second-order valence-corrected chi connectivity index (χ2v) is 5.95. The van der Waals surface area contributed by atoms with Crippen LogP contribution in [0.25, 0.3) is 0 Å². The van der Waals surface area contributed by atoms with Crippen molar-refractivity contribution in [3.63, 3.8) is 0 Å². The number of ether oxygens (including phenoxy) is 1. The number of carbonyl (C=O) groups is 2. The second-order valence-electron chi connectivity index (χ2n) is 5.95. The van der Waals surface area contributed by atoms with Gasteiger partial charge in [0.2, 0.25) is 0 Å². The van der Waals surface area contributed by atoms with Crippen molar-refractivity contribution in [1.82, 2.24) is 4.90 Å². The summed E-state index contributed by atoms with van der Waals surface area (Å²) >= 11 is 0. The minimum Gasteiger partial charge on any atom is -0.444 e. The van der Waals surface area contributed by atoms with Crippen LogP contribution in [-0.2, 0) is 9.53 Å². The Morgan fingerprint density at radius 3 is 2.25 bits per heavy atom. The first-order valence-corrected chi connectivity index (χ1v) is 6.55. The highest BCUT2D eigenvalue weighted by Gasteiger charge is 2.52. The highest BCUT2D eigenvalue weighted by atomic mass is 19.4. The molecule has 1 heterocycles. The molecule has 0 radical (unpaired) electrons. The maximum atomic E-state index is 13.1. The van der Waals surface area contributed by atoms with Crippen molar-refractivity contribution < 1.29 is 27.5 Å². The molecule has 0 aromatic carbocycles. The molecule has 2 atom stereocenters. The first-order chi connectivity index (χ1) is 8.95. The monoisotopic (exact) mass is 295 g/mol. The molecule has 1 fully saturated rings. The van der Waals surface area contributed by atoms with Gasteiger partial charge in [0.15, 0.2) is 0 Å². The number of Topliss-reactive ketones (excluding diaryl/α,β-unsaturated/α-hetero) is 1. The smallest absolute Gasteiger partial charge is 0.411 e. The summed E-state index contributed by atoms with van der Waals surface area (Å²) in [7, 11) is 0. The van der Waals surface area contributed by atoms with Crippen LogP contribution in [0.2, 0.25) is 0 Å². The van der Waals surface area contributed by atoms with Gasteiger partial charge in [0, 0.05) is 18.9 Å². The van der Waals surface area contributed by atoms with Crippen molar-refractivity contribution in [2.75, 3.05) is 0 Å². The van der Waals surface area contributed by atoms with Gasteiger partial charge in [0.1, 0.15) is 17.4 Å². The molecule has 0 aromatic rings. The maximum absolute atomic E-state index is 13.1. The molecular weight excluding hydrogens is 275 g/mol. The van der Waals surface area contributed by atoms with E-state index in [0.29, 0.717) is 4.90 Å². The molecule has 1 aliphatic heterocycles. The Bertz CT molecular complexity index is 387. The highest BCUT2D eigenvalue weighted by molar-refractivity contribution is 5.83. The van der Waals surface area contributed by atoms with Crippen LogP contribution < -0.4 is 0 Å². The molecule has 1 amide bonds. The highest BCUT2D eigenvalue weighted by Crippen LogP contribution is 2.35. The summed E-state index contributed by atoms with van der Waals surface area (Å²) in [5.74, 6) is -0.473. The zero-order valence-corrected chi connectivity index (χ0v) is 12.1. The molecule has 4 nitrogen and oxygen atoms in total. The number of piperidine rings is 1. The molecule has 0 N–H and O–H groups in total. The van der Waals surface area contributed by atoms with Gasteiger partial charge in [-0.3, -0.25) is 9.69 Å². The molecule has 1 aliphatic rings. The van der Waals surface area contributed by atoms with Crippen LogP contribution in [0.1, 0.15) is 47.0 Å². The fourth-order valence-corrected chi connectivity index (χ4v) is 2.22. The number of halogens is 3. The molecule has 2 unspecified atom stereocenters. The molecule has 0 aliphatic carbocycles. The molecule has 7 heteroatoms. The van der Waals surface area contributed by atoms with E-state index in [4.69, 9.17) is 4.74 Å². The van der Waals surface area contributed by atoms with Gasteiger partial charge in [-0.2, -0.15) is 13.2 Å². The lowest BCUT2D eigenvalue weighted by Gasteiger charge is -2.42. The van der Waals surface area contributed by atoms with E-state index in [1.54, 1.807) is 27.7 Å². The SMILES string of the molecule is CCC1CC(=O)CC(C(F)(F)F)N1C(=O)OC(C)(C)C. The summed E-state index contributed by atoms with van der Waals surface area (Å²) in [5, 5.41) is 0. The van der Waals surface area contributed by atoms with Gasteiger partial charge in [0.25, 0.3) is 0 Å².